The first kappa shape index (κ1) is 12.4. The van der Waals surface area contributed by atoms with Gasteiger partial charge in [0.2, 0.25) is 0 Å². The Hall–Kier alpha value is -1.68. The van der Waals surface area contributed by atoms with Gasteiger partial charge in [0.1, 0.15) is 0 Å². The second-order valence-corrected chi connectivity index (χ2v) is 5.52. The van der Waals surface area contributed by atoms with E-state index in [0.29, 0.717) is 17.7 Å². The number of hydrogen-bond acceptors (Lipinski definition) is 3. The maximum atomic E-state index is 12.5. The molecule has 1 aliphatic carbocycles. The molecule has 0 aromatic heterocycles. The first-order valence-corrected chi connectivity index (χ1v) is 6.82. The SMILES string of the molecule is Cc1ccc2c(c1)C(=O)N(C1CCCC1CN)C2=O. The summed E-state index contributed by atoms with van der Waals surface area (Å²) in [7, 11) is 0. The minimum absolute atomic E-state index is 0.0160. The lowest BCUT2D eigenvalue weighted by atomic mass is 10.0. The normalized spacial score (nSPS) is 26.1. The fraction of sp³-hybridized carbons (Fsp3) is 0.467. The number of amides is 2. The van der Waals surface area contributed by atoms with Gasteiger partial charge in [-0.1, -0.05) is 18.1 Å². The molecule has 4 heteroatoms. The summed E-state index contributed by atoms with van der Waals surface area (Å²) in [5, 5.41) is 0. The van der Waals surface area contributed by atoms with Crippen molar-refractivity contribution in [3.63, 3.8) is 0 Å². The molecule has 1 heterocycles. The standard InChI is InChI=1S/C15H18N2O2/c1-9-5-6-11-12(7-9)15(19)17(14(11)18)13-4-2-3-10(13)8-16/h5-7,10,13H,2-4,8,16H2,1H3. The summed E-state index contributed by atoms with van der Waals surface area (Å²) < 4.78 is 0. The van der Waals surface area contributed by atoms with E-state index < -0.39 is 0 Å². The molecule has 2 amide bonds. The molecule has 2 atom stereocenters. The quantitative estimate of drug-likeness (QED) is 0.821. The molecule has 2 aliphatic rings. The van der Waals surface area contributed by atoms with Crippen molar-refractivity contribution in [2.75, 3.05) is 6.54 Å². The van der Waals surface area contributed by atoms with E-state index in [1.54, 1.807) is 6.07 Å². The molecule has 0 bridgehead atoms. The molecule has 1 aromatic rings. The predicted molar refractivity (Wildman–Crippen MR) is 71.9 cm³/mol. The molecule has 1 aliphatic heterocycles. The van der Waals surface area contributed by atoms with E-state index in [0.717, 1.165) is 24.8 Å². The Labute approximate surface area is 112 Å². The summed E-state index contributed by atoms with van der Waals surface area (Å²) in [6.45, 7) is 2.47. The Morgan fingerprint density at radius 3 is 2.68 bits per heavy atom. The highest BCUT2D eigenvalue weighted by molar-refractivity contribution is 6.21. The number of hydrogen-bond donors (Lipinski definition) is 1. The van der Waals surface area contributed by atoms with Gasteiger partial charge in [-0.3, -0.25) is 14.5 Å². The maximum absolute atomic E-state index is 12.5. The lowest BCUT2D eigenvalue weighted by Crippen LogP contribution is -2.43. The lowest BCUT2D eigenvalue weighted by molar-refractivity contribution is 0.0552. The molecule has 3 rings (SSSR count). The highest BCUT2D eigenvalue weighted by atomic mass is 16.2. The second kappa shape index (κ2) is 4.46. The van der Waals surface area contributed by atoms with Crippen LogP contribution in [0, 0.1) is 12.8 Å². The molecule has 1 saturated carbocycles. The third kappa shape index (κ3) is 1.78. The van der Waals surface area contributed by atoms with E-state index in [4.69, 9.17) is 5.73 Å². The van der Waals surface area contributed by atoms with Gasteiger partial charge in [-0.2, -0.15) is 0 Å². The fourth-order valence-corrected chi connectivity index (χ4v) is 3.31. The van der Waals surface area contributed by atoms with Crippen LogP contribution in [0.25, 0.3) is 0 Å². The Morgan fingerprint density at radius 1 is 1.21 bits per heavy atom. The van der Waals surface area contributed by atoms with Crippen molar-refractivity contribution in [1.29, 1.82) is 0 Å². The first-order chi connectivity index (χ1) is 9.13. The summed E-state index contributed by atoms with van der Waals surface area (Å²) in [5.41, 5.74) is 7.85. The van der Waals surface area contributed by atoms with Crippen molar-refractivity contribution in [2.45, 2.75) is 32.2 Å². The number of carbonyl (C=O) groups is 2. The molecule has 0 spiro atoms. The van der Waals surface area contributed by atoms with Gasteiger partial charge in [-0.05, 0) is 44.4 Å². The molecule has 0 saturated heterocycles. The zero-order valence-corrected chi connectivity index (χ0v) is 11.1. The molecule has 100 valence electrons. The van der Waals surface area contributed by atoms with Gasteiger partial charge >= 0.3 is 0 Å². The van der Waals surface area contributed by atoms with Gasteiger partial charge in [-0.25, -0.2) is 0 Å². The van der Waals surface area contributed by atoms with Crippen molar-refractivity contribution in [3.8, 4) is 0 Å². The number of fused-ring (bicyclic) bond motifs is 1. The van der Waals surface area contributed by atoms with Crippen molar-refractivity contribution in [1.82, 2.24) is 4.90 Å². The summed E-state index contributed by atoms with van der Waals surface area (Å²) in [6, 6.07) is 5.43. The van der Waals surface area contributed by atoms with Crippen LogP contribution in [0.15, 0.2) is 18.2 Å². The Kier molecular flexibility index (Phi) is 2.90. The van der Waals surface area contributed by atoms with Crippen LogP contribution in [0.4, 0.5) is 0 Å². The summed E-state index contributed by atoms with van der Waals surface area (Å²) in [6.07, 6.45) is 2.93. The smallest absolute Gasteiger partial charge is 0.261 e. The number of aryl methyl sites for hydroxylation is 1. The monoisotopic (exact) mass is 258 g/mol. The zero-order valence-electron chi connectivity index (χ0n) is 11.1. The van der Waals surface area contributed by atoms with E-state index in [9.17, 15) is 9.59 Å². The Morgan fingerprint density at radius 2 is 1.95 bits per heavy atom. The highest BCUT2D eigenvalue weighted by Gasteiger charge is 2.43. The fourth-order valence-electron chi connectivity index (χ4n) is 3.31. The predicted octanol–water partition coefficient (Wildman–Crippen LogP) is 1.72. The number of benzene rings is 1. The van der Waals surface area contributed by atoms with Crippen LogP contribution in [0.5, 0.6) is 0 Å². The highest BCUT2D eigenvalue weighted by Crippen LogP contribution is 2.35. The molecule has 2 unspecified atom stereocenters. The van der Waals surface area contributed by atoms with E-state index in [2.05, 4.69) is 0 Å². The lowest BCUT2D eigenvalue weighted by Gasteiger charge is -2.27. The molecule has 4 nitrogen and oxygen atoms in total. The number of carbonyl (C=O) groups excluding carboxylic acids is 2. The van der Waals surface area contributed by atoms with Crippen molar-refractivity contribution in [2.24, 2.45) is 11.7 Å². The Balaban J connectivity index is 1.98. The van der Waals surface area contributed by atoms with Crippen LogP contribution < -0.4 is 5.73 Å². The minimum Gasteiger partial charge on any atom is -0.330 e. The molecular weight excluding hydrogens is 240 g/mol. The van der Waals surface area contributed by atoms with E-state index in [-0.39, 0.29) is 23.8 Å². The minimum atomic E-state index is -0.148. The number of nitrogens with two attached hydrogens (primary N) is 1. The van der Waals surface area contributed by atoms with Crippen LogP contribution in [0.1, 0.15) is 45.5 Å². The first-order valence-electron chi connectivity index (χ1n) is 6.82. The largest absolute Gasteiger partial charge is 0.330 e. The Bertz CT molecular complexity index is 553. The molecule has 0 radical (unpaired) electrons. The van der Waals surface area contributed by atoms with Gasteiger partial charge in [0.15, 0.2) is 0 Å². The number of nitrogens with zero attached hydrogens (tertiary/aromatic N) is 1. The van der Waals surface area contributed by atoms with Gasteiger partial charge in [0.25, 0.3) is 11.8 Å². The molecular formula is C15H18N2O2. The van der Waals surface area contributed by atoms with Gasteiger partial charge in [-0.15, -0.1) is 0 Å². The van der Waals surface area contributed by atoms with Gasteiger partial charge in [0, 0.05) is 6.04 Å². The number of imide groups is 1. The zero-order chi connectivity index (χ0) is 13.6. The van der Waals surface area contributed by atoms with Gasteiger partial charge < -0.3 is 5.73 Å². The van der Waals surface area contributed by atoms with Gasteiger partial charge in [0.05, 0.1) is 11.1 Å². The average Bonchev–Trinajstić information content (AvgIpc) is 2.94. The second-order valence-electron chi connectivity index (χ2n) is 5.52. The van der Waals surface area contributed by atoms with E-state index >= 15 is 0 Å². The van der Waals surface area contributed by atoms with E-state index in [1.807, 2.05) is 19.1 Å². The van der Waals surface area contributed by atoms with Crippen LogP contribution in [-0.2, 0) is 0 Å². The number of rotatable bonds is 2. The molecule has 2 N–H and O–H groups in total. The third-order valence-electron chi connectivity index (χ3n) is 4.33. The molecule has 1 fully saturated rings. The van der Waals surface area contributed by atoms with E-state index in [1.165, 1.54) is 4.90 Å². The topological polar surface area (TPSA) is 63.4 Å². The average molecular weight is 258 g/mol. The summed E-state index contributed by atoms with van der Waals surface area (Å²) in [4.78, 5) is 26.4. The molecule has 1 aromatic carbocycles. The summed E-state index contributed by atoms with van der Waals surface area (Å²) in [5.74, 6) is -0.0392. The van der Waals surface area contributed by atoms with Crippen LogP contribution >= 0.6 is 0 Å². The maximum Gasteiger partial charge on any atom is 0.261 e. The van der Waals surface area contributed by atoms with Crippen molar-refractivity contribution >= 4 is 11.8 Å². The third-order valence-corrected chi connectivity index (χ3v) is 4.33. The van der Waals surface area contributed by atoms with Crippen LogP contribution in [-0.4, -0.2) is 29.3 Å². The van der Waals surface area contributed by atoms with Crippen molar-refractivity contribution in [3.05, 3.63) is 34.9 Å². The molecule has 19 heavy (non-hydrogen) atoms. The van der Waals surface area contributed by atoms with Crippen molar-refractivity contribution < 1.29 is 9.59 Å². The summed E-state index contributed by atoms with van der Waals surface area (Å²) >= 11 is 0. The van der Waals surface area contributed by atoms with Crippen LogP contribution in [0.3, 0.4) is 0 Å². The van der Waals surface area contributed by atoms with Crippen LogP contribution in [0.2, 0.25) is 0 Å².